The van der Waals surface area contributed by atoms with Crippen molar-refractivity contribution in [2.24, 2.45) is 5.92 Å². The van der Waals surface area contributed by atoms with Gasteiger partial charge in [-0.2, -0.15) is 0 Å². The van der Waals surface area contributed by atoms with E-state index in [1.165, 1.54) is 44.9 Å². The highest BCUT2D eigenvalue weighted by Crippen LogP contribution is 2.31. The Morgan fingerprint density at radius 3 is 2.43 bits per heavy atom. The molecule has 21 heavy (non-hydrogen) atoms. The van der Waals surface area contributed by atoms with Crippen LogP contribution >= 0.6 is 0 Å². The average molecular weight is 286 g/mol. The van der Waals surface area contributed by atoms with Crippen molar-refractivity contribution in [2.45, 2.75) is 51.0 Å². The van der Waals surface area contributed by atoms with Gasteiger partial charge in [-0.05, 0) is 43.7 Å². The first kappa shape index (κ1) is 14.6. The van der Waals surface area contributed by atoms with Gasteiger partial charge in [0.2, 0.25) is 5.91 Å². The van der Waals surface area contributed by atoms with Gasteiger partial charge in [-0.15, -0.1) is 0 Å². The number of amides is 1. The molecule has 0 unspecified atom stereocenters. The Morgan fingerprint density at radius 1 is 1.05 bits per heavy atom. The Morgan fingerprint density at radius 2 is 1.76 bits per heavy atom. The molecule has 0 radical (unpaired) electrons. The number of nitrogens with zero attached hydrogens (tertiary/aromatic N) is 1. The molecule has 0 spiro atoms. The minimum Gasteiger partial charge on any atom is -0.325 e. The molecule has 2 aliphatic carbocycles. The molecule has 2 aliphatic rings. The van der Waals surface area contributed by atoms with E-state index in [1.54, 1.807) is 0 Å². The van der Waals surface area contributed by atoms with Crippen LogP contribution in [0.4, 0.5) is 5.69 Å². The van der Waals surface area contributed by atoms with E-state index in [9.17, 15) is 4.79 Å². The number of nitrogens with one attached hydrogen (secondary N) is 1. The van der Waals surface area contributed by atoms with Crippen LogP contribution in [0.2, 0.25) is 0 Å². The molecule has 3 rings (SSSR count). The minimum atomic E-state index is 0.129. The van der Waals surface area contributed by atoms with Crippen molar-refractivity contribution in [1.82, 2.24) is 4.90 Å². The van der Waals surface area contributed by atoms with Crippen LogP contribution in [0.3, 0.4) is 0 Å². The Kier molecular flexibility index (Phi) is 4.91. The van der Waals surface area contributed by atoms with Gasteiger partial charge in [0.25, 0.3) is 0 Å². The summed E-state index contributed by atoms with van der Waals surface area (Å²) in [6.07, 6.45) is 9.39. The molecule has 1 aromatic rings. The van der Waals surface area contributed by atoms with Crippen LogP contribution < -0.4 is 5.32 Å². The van der Waals surface area contributed by atoms with Crippen LogP contribution in [-0.2, 0) is 4.79 Å². The maximum absolute atomic E-state index is 12.2. The summed E-state index contributed by atoms with van der Waals surface area (Å²) < 4.78 is 0. The summed E-state index contributed by atoms with van der Waals surface area (Å²) in [7, 11) is 0. The molecule has 0 aromatic heterocycles. The molecule has 1 N–H and O–H groups in total. The van der Waals surface area contributed by atoms with Gasteiger partial charge < -0.3 is 5.32 Å². The second-order valence-electron chi connectivity index (χ2n) is 6.58. The van der Waals surface area contributed by atoms with Gasteiger partial charge in [0, 0.05) is 18.3 Å². The third-order valence-corrected chi connectivity index (χ3v) is 4.68. The fraction of sp³-hybridized carbons (Fsp3) is 0.611. The molecule has 0 bridgehead atoms. The van der Waals surface area contributed by atoms with Crippen LogP contribution in [0.5, 0.6) is 0 Å². The number of benzene rings is 1. The summed E-state index contributed by atoms with van der Waals surface area (Å²) in [6, 6.07) is 10.4. The number of carbonyl (C=O) groups is 1. The van der Waals surface area contributed by atoms with Gasteiger partial charge >= 0.3 is 0 Å². The second kappa shape index (κ2) is 7.08. The van der Waals surface area contributed by atoms with Gasteiger partial charge in [-0.25, -0.2) is 0 Å². The normalized spacial score (nSPS) is 19.7. The molecule has 0 aliphatic heterocycles. The van der Waals surface area contributed by atoms with Crippen LogP contribution in [0, 0.1) is 5.92 Å². The standard InChI is InChI=1S/C18H26N2O/c21-18(19-16-9-5-2-6-10-16)14-20(17-11-12-17)13-15-7-3-1-4-8-15/h2,5-6,9-10,15,17H,1,3-4,7-8,11-14H2,(H,19,21). The summed E-state index contributed by atoms with van der Waals surface area (Å²) >= 11 is 0. The van der Waals surface area contributed by atoms with Crippen molar-refractivity contribution in [3.63, 3.8) is 0 Å². The van der Waals surface area contributed by atoms with Gasteiger partial charge in [-0.3, -0.25) is 9.69 Å². The van der Waals surface area contributed by atoms with Crippen molar-refractivity contribution >= 4 is 11.6 Å². The van der Waals surface area contributed by atoms with Crippen molar-refractivity contribution in [3.8, 4) is 0 Å². The van der Waals surface area contributed by atoms with Crippen LogP contribution in [-0.4, -0.2) is 29.9 Å². The zero-order valence-electron chi connectivity index (χ0n) is 12.8. The molecular formula is C18H26N2O. The van der Waals surface area contributed by atoms with Crippen LogP contribution in [0.15, 0.2) is 30.3 Å². The highest BCUT2D eigenvalue weighted by molar-refractivity contribution is 5.92. The predicted molar refractivity (Wildman–Crippen MR) is 86.2 cm³/mol. The monoisotopic (exact) mass is 286 g/mol. The fourth-order valence-electron chi connectivity index (χ4n) is 3.39. The van der Waals surface area contributed by atoms with Crippen molar-refractivity contribution in [2.75, 3.05) is 18.4 Å². The van der Waals surface area contributed by atoms with E-state index in [1.807, 2.05) is 30.3 Å². The molecule has 2 fully saturated rings. The molecule has 1 amide bonds. The second-order valence-corrected chi connectivity index (χ2v) is 6.58. The number of rotatable bonds is 6. The van der Waals surface area contributed by atoms with E-state index < -0.39 is 0 Å². The third-order valence-electron chi connectivity index (χ3n) is 4.68. The fourth-order valence-corrected chi connectivity index (χ4v) is 3.39. The Hall–Kier alpha value is -1.35. The first-order chi connectivity index (χ1) is 10.3. The van der Waals surface area contributed by atoms with Gasteiger partial charge in [0.15, 0.2) is 0 Å². The van der Waals surface area contributed by atoms with Crippen molar-refractivity contribution in [1.29, 1.82) is 0 Å². The number of anilines is 1. The first-order valence-corrected chi connectivity index (χ1v) is 8.40. The quantitative estimate of drug-likeness (QED) is 0.865. The highest BCUT2D eigenvalue weighted by atomic mass is 16.2. The maximum Gasteiger partial charge on any atom is 0.238 e. The molecule has 1 aromatic carbocycles. The minimum absolute atomic E-state index is 0.129. The lowest BCUT2D eigenvalue weighted by Gasteiger charge is -2.29. The smallest absolute Gasteiger partial charge is 0.238 e. The third kappa shape index (κ3) is 4.57. The largest absolute Gasteiger partial charge is 0.325 e. The van der Waals surface area contributed by atoms with Gasteiger partial charge in [0.05, 0.1) is 6.54 Å². The number of hydrogen-bond acceptors (Lipinski definition) is 2. The Balaban J connectivity index is 1.51. The molecule has 3 nitrogen and oxygen atoms in total. The molecule has 0 heterocycles. The van der Waals surface area contributed by atoms with Crippen molar-refractivity contribution in [3.05, 3.63) is 30.3 Å². The van der Waals surface area contributed by atoms with Gasteiger partial charge in [-0.1, -0.05) is 37.5 Å². The predicted octanol–water partition coefficient (Wildman–Crippen LogP) is 3.67. The topological polar surface area (TPSA) is 32.3 Å². The number of para-hydroxylation sites is 1. The van der Waals surface area contributed by atoms with Crippen molar-refractivity contribution < 1.29 is 4.79 Å². The van der Waals surface area contributed by atoms with Crippen LogP contribution in [0.25, 0.3) is 0 Å². The van der Waals surface area contributed by atoms with E-state index >= 15 is 0 Å². The van der Waals surface area contributed by atoms with E-state index in [0.717, 1.165) is 18.2 Å². The Labute approximate surface area is 127 Å². The summed E-state index contributed by atoms with van der Waals surface area (Å²) in [5.74, 6) is 0.938. The lowest BCUT2D eigenvalue weighted by molar-refractivity contribution is -0.117. The van der Waals surface area contributed by atoms with Crippen LogP contribution in [0.1, 0.15) is 44.9 Å². The van der Waals surface area contributed by atoms with Gasteiger partial charge in [0.1, 0.15) is 0 Å². The molecule has 2 saturated carbocycles. The summed E-state index contributed by atoms with van der Waals surface area (Å²) in [6.45, 7) is 1.67. The summed E-state index contributed by atoms with van der Waals surface area (Å²) in [5, 5.41) is 3.01. The van der Waals surface area contributed by atoms with E-state index in [4.69, 9.17) is 0 Å². The van der Waals surface area contributed by atoms with E-state index in [-0.39, 0.29) is 5.91 Å². The molecule has 3 heteroatoms. The molecule has 114 valence electrons. The maximum atomic E-state index is 12.2. The summed E-state index contributed by atoms with van der Waals surface area (Å²) in [5.41, 5.74) is 0.899. The first-order valence-electron chi connectivity index (χ1n) is 8.40. The zero-order chi connectivity index (χ0) is 14.5. The van der Waals surface area contributed by atoms with E-state index in [2.05, 4.69) is 10.2 Å². The van der Waals surface area contributed by atoms with E-state index in [0.29, 0.717) is 12.6 Å². The average Bonchev–Trinajstić information content (AvgIpc) is 3.33. The zero-order valence-corrected chi connectivity index (χ0v) is 12.8. The number of carbonyl (C=O) groups excluding carboxylic acids is 1. The molecular weight excluding hydrogens is 260 g/mol. The SMILES string of the molecule is O=C(CN(CC1CCCCC1)C1CC1)Nc1ccccc1. The summed E-state index contributed by atoms with van der Waals surface area (Å²) in [4.78, 5) is 14.7. The lowest BCUT2D eigenvalue weighted by Crippen LogP contribution is -2.38. The lowest BCUT2D eigenvalue weighted by atomic mass is 9.89. The molecule has 0 saturated heterocycles. The Bertz CT molecular complexity index is 450. The highest BCUT2D eigenvalue weighted by Gasteiger charge is 2.32. The number of hydrogen-bond donors (Lipinski definition) is 1. The molecule has 0 atom stereocenters.